The molecule has 2 aliphatic rings. The maximum Gasteiger partial charge on any atom is 0.119 e. The minimum Gasteiger partial charge on any atom is -0.508 e. The molecule has 3 aromatic carbocycles. The first-order valence-electron chi connectivity index (χ1n) is 14.4. The first kappa shape index (κ1) is 26.2. The molecule has 0 amide bonds. The third-order valence-corrected chi connectivity index (χ3v) is 9.43. The molecule has 1 aromatic heterocycles. The molecule has 39 heavy (non-hydrogen) atoms. The largest absolute Gasteiger partial charge is 0.508 e. The lowest BCUT2D eigenvalue weighted by Gasteiger charge is -2.18. The minimum absolute atomic E-state index is 0.312. The summed E-state index contributed by atoms with van der Waals surface area (Å²) >= 11 is 1.76. The second-order valence-corrected chi connectivity index (χ2v) is 12.0. The van der Waals surface area contributed by atoms with E-state index in [9.17, 15) is 5.11 Å². The number of likely N-dealkylation sites (tertiary alicyclic amines) is 2. The van der Waals surface area contributed by atoms with Crippen LogP contribution in [0.3, 0.4) is 0 Å². The highest BCUT2D eigenvalue weighted by Crippen LogP contribution is 2.41. The molecule has 4 aromatic rings. The van der Waals surface area contributed by atoms with Gasteiger partial charge >= 0.3 is 0 Å². The molecule has 6 heteroatoms. The quantitative estimate of drug-likeness (QED) is 0.227. The zero-order valence-electron chi connectivity index (χ0n) is 22.9. The van der Waals surface area contributed by atoms with Crippen molar-refractivity contribution in [1.29, 1.82) is 0 Å². The number of nitrogens with zero attached hydrogens (tertiary/aromatic N) is 2. The van der Waals surface area contributed by atoms with Crippen molar-refractivity contribution in [2.45, 2.75) is 38.6 Å². The van der Waals surface area contributed by atoms with Crippen LogP contribution in [0.1, 0.15) is 42.4 Å². The van der Waals surface area contributed by atoms with Crippen molar-refractivity contribution < 1.29 is 9.84 Å². The van der Waals surface area contributed by atoms with Gasteiger partial charge in [0.05, 0.1) is 0 Å². The number of fused-ring (bicyclic) bond motifs is 1. The molecule has 3 heterocycles. The molecule has 2 saturated heterocycles. The van der Waals surface area contributed by atoms with Crippen LogP contribution in [0, 0.1) is 0 Å². The number of thiophene rings is 1. The van der Waals surface area contributed by atoms with Gasteiger partial charge in [0.15, 0.2) is 0 Å². The van der Waals surface area contributed by atoms with Gasteiger partial charge < -0.3 is 15.2 Å². The summed E-state index contributed by atoms with van der Waals surface area (Å²) in [4.78, 5) is 6.28. The summed E-state index contributed by atoms with van der Waals surface area (Å²) in [5.74, 6) is 1.23. The fourth-order valence-corrected chi connectivity index (χ4v) is 7.30. The maximum absolute atomic E-state index is 10.2. The van der Waals surface area contributed by atoms with Gasteiger partial charge in [0.1, 0.15) is 18.1 Å². The van der Waals surface area contributed by atoms with Crippen molar-refractivity contribution in [3.05, 3.63) is 77.4 Å². The third kappa shape index (κ3) is 6.08. The number of aromatic hydroxyl groups is 1. The van der Waals surface area contributed by atoms with Gasteiger partial charge in [0.2, 0.25) is 0 Å². The molecule has 0 aliphatic carbocycles. The molecular weight excluding hydrogens is 502 g/mol. The number of phenols is 1. The number of benzene rings is 3. The molecule has 0 unspecified atom stereocenters. The number of nitrogens with one attached hydrogen (secondary N) is 1. The zero-order chi connectivity index (χ0) is 26.6. The highest BCUT2D eigenvalue weighted by molar-refractivity contribution is 7.22. The van der Waals surface area contributed by atoms with Crippen LogP contribution in [0.15, 0.2) is 60.7 Å². The van der Waals surface area contributed by atoms with Crippen molar-refractivity contribution in [2.24, 2.45) is 0 Å². The molecule has 204 valence electrons. The predicted molar refractivity (Wildman–Crippen MR) is 163 cm³/mol. The van der Waals surface area contributed by atoms with E-state index in [0.717, 1.165) is 36.6 Å². The third-order valence-electron chi connectivity index (χ3n) is 8.19. The highest BCUT2D eigenvalue weighted by atomic mass is 32.1. The smallest absolute Gasteiger partial charge is 0.119 e. The number of anilines is 1. The Labute approximate surface area is 236 Å². The Bertz CT molecular complexity index is 1400. The van der Waals surface area contributed by atoms with Crippen LogP contribution in [0.25, 0.3) is 20.5 Å². The van der Waals surface area contributed by atoms with Crippen LogP contribution in [-0.2, 0) is 13.0 Å². The van der Waals surface area contributed by atoms with Gasteiger partial charge in [-0.1, -0.05) is 12.1 Å². The van der Waals surface area contributed by atoms with Gasteiger partial charge in [-0.2, -0.15) is 0 Å². The zero-order valence-corrected chi connectivity index (χ0v) is 23.7. The van der Waals surface area contributed by atoms with E-state index in [1.54, 1.807) is 17.4 Å². The Morgan fingerprint density at radius 1 is 0.872 bits per heavy atom. The molecule has 2 N–H and O–H groups in total. The van der Waals surface area contributed by atoms with Crippen molar-refractivity contribution in [3.63, 3.8) is 0 Å². The van der Waals surface area contributed by atoms with Gasteiger partial charge in [0.25, 0.3) is 0 Å². The molecule has 6 rings (SSSR count). The van der Waals surface area contributed by atoms with E-state index in [4.69, 9.17) is 4.74 Å². The van der Waals surface area contributed by atoms with E-state index in [0.29, 0.717) is 5.75 Å². The fourth-order valence-electron chi connectivity index (χ4n) is 6.04. The van der Waals surface area contributed by atoms with Crippen LogP contribution >= 0.6 is 11.3 Å². The van der Waals surface area contributed by atoms with Gasteiger partial charge in [-0.25, -0.2) is 0 Å². The Kier molecular flexibility index (Phi) is 8.05. The molecule has 0 radical (unpaired) electrons. The SMILES string of the molecule is CNc1cc(Cc2c(-c3ccc(OCCN4CCCC4)cc3)sc3cc(O)ccc23)ccc1CN1CCCC1. The second-order valence-electron chi connectivity index (χ2n) is 10.9. The lowest BCUT2D eigenvalue weighted by atomic mass is 9.97. The van der Waals surface area contributed by atoms with Crippen LogP contribution in [-0.4, -0.2) is 61.3 Å². The second kappa shape index (κ2) is 12.0. The van der Waals surface area contributed by atoms with E-state index < -0.39 is 0 Å². The van der Waals surface area contributed by atoms with Crippen molar-refractivity contribution >= 4 is 27.1 Å². The van der Waals surface area contributed by atoms with E-state index in [1.165, 1.54) is 90.1 Å². The maximum atomic E-state index is 10.2. The van der Waals surface area contributed by atoms with E-state index in [2.05, 4.69) is 63.6 Å². The number of hydrogen-bond acceptors (Lipinski definition) is 6. The van der Waals surface area contributed by atoms with Crippen molar-refractivity contribution in [1.82, 2.24) is 9.80 Å². The molecule has 0 atom stereocenters. The standard InChI is InChI=1S/C33H39N3O2S/c1-34-31-21-24(6-7-26(31)23-36-16-4-5-17-36)20-30-29-13-10-27(37)22-32(29)39-33(30)25-8-11-28(12-9-25)38-19-18-35-14-2-3-15-35/h6-13,21-22,34,37H,2-5,14-20,23H2,1H3. The van der Waals surface area contributed by atoms with Gasteiger partial charge in [0, 0.05) is 35.4 Å². The fraction of sp³-hybridized carbons (Fsp3) is 0.394. The summed E-state index contributed by atoms with van der Waals surface area (Å²) in [5, 5.41) is 14.8. The Morgan fingerprint density at radius 2 is 1.62 bits per heavy atom. The minimum atomic E-state index is 0.312. The van der Waals surface area contributed by atoms with Crippen molar-refractivity contribution in [2.75, 3.05) is 51.7 Å². The molecule has 0 spiro atoms. The average Bonchev–Trinajstić information content (AvgIpc) is 3.72. The Hall–Kier alpha value is -3.06. The monoisotopic (exact) mass is 541 g/mol. The van der Waals surface area contributed by atoms with Crippen LogP contribution in [0.2, 0.25) is 0 Å². The summed E-state index contributed by atoms with van der Waals surface area (Å²) < 4.78 is 7.18. The average molecular weight is 542 g/mol. The molecule has 2 fully saturated rings. The van der Waals surface area contributed by atoms with E-state index in [-0.39, 0.29) is 0 Å². The number of phenolic OH excluding ortho intramolecular Hbond substituents is 1. The van der Waals surface area contributed by atoms with E-state index in [1.807, 2.05) is 13.1 Å². The number of rotatable bonds is 10. The molecular formula is C33H39N3O2S. The Balaban J connectivity index is 1.24. The van der Waals surface area contributed by atoms with Crippen LogP contribution in [0.5, 0.6) is 11.5 Å². The highest BCUT2D eigenvalue weighted by Gasteiger charge is 2.18. The summed E-state index contributed by atoms with van der Waals surface area (Å²) in [5.41, 5.74) is 6.38. The lowest BCUT2D eigenvalue weighted by Crippen LogP contribution is -2.25. The Morgan fingerprint density at radius 3 is 2.36 bits per heavy atom. The van der Waals surface area contributed by atoms with Gasteiger partial charge in [-0.15, -0.1) is 11.3 Å². The normalized spacial score (nSPS) is 16.3. The molecule has 5 nitrogen and oxygen atoms in total. The first-order chi connectivity index (χ1) is 19.2. The number of hydrogen-bond donors (Lipinski definition) is 2. The molecule has 0 bridgehead atoms. The topological polar surface area (TPSA) is 48.0 Å². The van der Waals surface area contributed by atoms with Gasteiger partial charge in [-0.05, 0) is 134 Å². The molecule has 2 aliphatic heterocycles. The van der Waals surface area contributed by atoms with Crippen LogP contribution in [0.4, 0.5) is 5.69 Å². The summed E-state index contributed by atoms with van der Waals surface area (Å²) in [6.07, 6.45) is 6.07. The number of ether oxygens (including phenoxy) is 1. The predicted octanol–water partition coefficient (Wildman–Crippen LogP) is 6.98. The summed E-state index contributed by atoms with van der Waals surface area (Å²) in [6.45, 7) is 7.53. The summed E-state index contributed by atoms with van der Waals surface area (Å²) in [7, 11) is 2.02. The van der Waals surface area contributed by atoms with E-state index >= 15 is 0 Å². The summed E-state index contributed by atoms with van der Waals surface area (Å²) in [6, 6.07) is 21.2. The first-order valence-corrected chi connectivity index (χ1v) is 15.2. The lowest BCUT2D eigenvalue weighted by molar-refractivity contribution is 0.238. The van der Waals surface area contributed by atoms with Gasteiger partial charge in [-0.3, -0.25) is 9.80 Å². The molecule has 0 saturated carbocycles. The van der Waals surface area contributed by atoms with Crippen LogP contribution < -0.4 is 10.1 Å². The van der Waals surface area contributed by atoms with Crippen molar-refractivity contribution in [3.8, 4) is 21.9 Å².